The smallest absolute Gasteiger partial charge is 0.222 e. The van der Waals surface area contributed by atoms with Crippen molar-refractivity contribution in [3.63, 3.8) is 0 Å². The van der Waals surface area contributed by atoms with Gasteiger partial charge in [0.2, 0.25) is 5.91 Å². The number of phenolic OH excluding ortho intramolecular Hbond substituents is 1. The van der Waals surface area contributed by atoms with Crippen molar-refractivity contribution < 1.29 is 19.5 Å². The van der Waals surface area contributed by atoms with E-state index in [0.29, 0.717) is 19.4 Å². The summed E-state index contributed by atoms with van der Waals surface area (Å²) in [5, 5.41) is 9.69. The minimum atomic E-state index is -0.341. The predicted octanol–water partition coefficient (Wildman–Crippen LogP) is 2.68. The van der Waals surface area contributed by atoms with Crippen LogP contribution in [0.2, 0.25) is 0 Å². The van der Waals surface area contributed by atoms with Crippen LogP contribution in [0, 0.1) is 0 Å². The molecule has 0 radical (unpaired) electrons. The third-order valence-corrected chi connectivity index (χ3v) is 5.07. The van der Waals surface area contributed by atoms with Gasteiger partial charge in [0.05, 0.1) is 12.0 Å². The molecular formula is C20H29ClN2O4. The van der Waals surface area contributed by atoms with Gasteiger partial charge in [-0.1, -0.05) is 19.1 Å². The molecule has 1 saturated heterocycles. The molecule has 6 nitrogen and oxygen atoms in total. The predicted molar refractivity (Wildman–Crippen MR) is 106 cm³/mol. The van der Waals surface area contributed by atoms with Crippen LogP contribution in [0.1, 0.15) is 49.4 Å². The van der Waals surface area contributed by atoms with Gasteiger partial charge in [-0.2, -0.15) is 0 Å². The van der Waals surface area contributed by atoms with E-state index in [4.69, 9.17) is 0 Å². The fourth-order valence-electron chi connectivity index (χ4n) is 3.34. The number of benzene rings is 1. The fraction of sp³-hybridized carbons (Fsp3) is 0.550. The molecule has 1 N–H and O–H groups in total. The second kappa shape index (κ2) is 11.0. The Morgan fingerprint density at radius 2 is 1.81 bits per heavy atom. The molecule has 1 fully saturated rings. The highest BCUT2D eigenvalue weighted by atomic mass is 35.5. The summed E-state index contributed by atoms with van der Waals surface area (Å²) in [6, 6.07) is 6.56. The van der Waals surface area contributed by atoms with Crippen molar-refractivity contribution in [1.29, 1.82) is 0 Å². The Bertz CT molecular complexity index is 657. The Kier molecular flexibility index (Phi) is 9.46. The Morgan fingerprint density at radius 1 is 1.19 bits per heavy atom. The Balaban J connectivity index is 0.00000364. The van der Waals surface area contributed by atoms with Gasteiger partial charge in [-0.25, -0.2) is 0 Å². The summed E-state index contributed by atoms with van der Waals surface area (Å²) in [5.41, 5.74) is 0.199. The number of piperidine rings is 1. The highest BCUT2D eigenvalue weighted by Gasteiger charge is 2.25. The van der Waals surface area contributed by atoms with Gasteiger partial charge < -0.3 is 14.9 Å². The zero-order valence-corrected chi connectivity index (χ0v) is 16.8. The molecule has 1 aromatic carbocycles. The number of hydrogen-bond donors (Lipinski definition) is 1. The second-order valence-corrected chi connectivity index (χ2v) is 6.84. The average Bonchev–Trinajstić information content (AvgIpc) is 2.65. The summed E-state index contributed by atoms with van der Waals surface area (Å²) < 4.78 is 0. The highest BCUT2D eigenvalue weighted by molar-refractivity contribution is 6.09. The number of ketones is 2. The van der Waals surface area contributed by atoms with E-state index in [9.17, 15) is 19.5 Å². The van der Waals surface area contributed by atoms with E-state index in [1.807, 2.05) is 18.9 Å². The van der Waals surface area contributed by atoms with Gasteiger partial charge in [0.25, 0.3) is 0 Å². The fourth-order valence-corrected chi connectivity index (χ4v) is 3.34. The monoisotopic (exact) mass is 396 g/mol. The second-order valence-electron chi connectivity index (χ2n) is 6.84. The minimum absolute atomic E-state index is 0. The molecule has 2 rings (SSSR count). The number of para-hydroxylation sites is 1. The van der Waals surface area contributed by atoms with E-state index < -0.39 is 0 Å². The number of aromatic hydroxyl groups is 1. The summed E-state index contributed by atoms with van der Waals surface area (Å²) in [6.07, 6.45) is 2.49. The maximum atomic E-state index is 12.1. The lowest BCUT2D eigenvalue weighted by Gasteiger charge is -2.36. The number of phenols is 1. The molecule has 0 spiro atoms. The molecule has 0 unspecified atom stereocenters. The largest absolute Gasteiger partial charge is 0.507 e. The maximum absolute atomic E-state index is 12.1. The van der Waals surface area contributed by atoms with Crippen LogP contribution >= 0.6 is 12.4 Å². The average molecular weight is 397 g/mol. The minimum Gasteiger partial charge on any atom is -0.507 e. The summed E-state index contributed by atoms with van der Waals surface area (Å²) in [6.45, 7) is 4.21. The Hall–Kier alpha value is -1.92. The lowest BCUT2D eigenvalue weighted by atomic mass is 10.0. The Morgan fingerprint density at radius 3 is 2.41 bits per heavy atom. The van der Waals surface area contributed by atoms with Crippen LogP contribution in [0.25, 0.3) is 0 Å². The van der Waals surface area contributed by atoms with Gasteiger partial charge >= 0.3 is 0 Å². The normalized spacial score (nSPS) is 15.0. The van der Waals surface area contributed by atoms with Crippen molar-refractivity contribution in [2.24, 2.45) is 0 Å². The van der Waals surface area contributed by atoms with E-state index >= 15 is 0 Å². The van der Waals surface area contributed by atoms with Gasteiger partial charge in [0, 0.05) is 45.6 Å². The van der Waals surface area contributed by atoms with Crippen molar-refractivity contribution in [3.8, 4) is 5.75 Å². The lowest BCUT2D eigenvalue weighted by Crippen LogP contribution is -2.45. The van der Waals surface area contributed by atoms with Crippen molar-refractivity contribution in [2.45, 2.75) is 45.1 Å². The summed E-state index contributed by atoms with van der Waals surface area (Å²) in [7, 11) is 1.86. The molecule has 7 heteroatoms. The molecule has 1 heterocycles. The van der Waals surface area contributed by atoms with E-state index in [2.05, 4.69) is 4.90 Å². The first-order valence-corrected chi connectivity index (χ1v) is 9.23. The quantitative estimate of drug-likeness (QED) is 0.540. The molecule has 0 aromatic heterocycles. The maximum Gasteiger partial charge on any atom is 0.222 e. The zero-order valence-electron chi connectivity index (χ0n) is 16.0. The molecule has 0 bridgehead atoms. The molecule has 1 aromatic rings. The first-order valence-electron chi connectivity index (χ1n) is 9.23. The summed E-state index contributed by atoms with van der Waals surface area (Å²) in [5.74, 6) is -0.371. The van der Waals surface area contributed by atoms with Gasteiger partial charge in [-0.15, -0.1) is 12.4 Å². The van der Waals surface area contributed by atoms with Crippen LogP contribution in [0.4, 0.5) is 0 Å². The number of amides is 1. The first kappa shape index (κ1) is 23.1. The number of Topliss-reactive ketones (excluding diaryl/α,β-unsaturated/α-hetero) is 2. The molecule has 0 atom stereocenters. The van der Waals surface area contributed by atoms with Gasteiger partial charge in [0.1, 0.15) is 11.5 Å². The standard InChI is InChI=1S/C20H28N2O4.ClH/c1-3-20(26)21(2)15-8-11-22(12-9-15)13-10-16(23)14-19(25)17-6-4-5-7-18(17)24;/h4-7,15,24H,3,8-14H2,1-2H3;1H. The van der Waals surface area contributed by atoms with E-state index in [1.165, 1.54) is 12.1 Å². The van der Waals surface area contributed by atoms with E-state index in [-0.39, 0.29) is 53.7 Å². The third-order valence-electron chi connectivity index (χ3n) is 5.07. The van der Waals surface area contributed by atoms with E-state index in [1.54, 1.807) is 12.1 Å². The highest BCUT2D eigenvalue weighted by Crippen LogP contribution is 2.19. The SMILES string of the molecule is CCC(=O)N(C)C1CCN(CCC(=O)CC(=O)c2ccccc2O)CC1.Cl. The van der Waals surface area contributed by atoms with Crippen LogP contribution in [0.3, 0.4) is 0 Å². The molecule has 1 aliphatic rings. The summed E-state index contributed by atoms with van der Waals surface area (Å²) in [4.78, 5) is 40.0. The van der Waals surface area contributed by atoms with E-state index in [0.717, 1.165) is 25.9 Å². The van der Waals surface area contributed by atoms with Crippen LogP contribution in [-0.4, -0.2) is 65.1 Å². The van der Waals surface area contributed by atoms with Crippen molar-refractivity contribution >= 4 is 29.9 Å². The topological polar surface area (TPSA) is 77.9 Å². The number of carbonyl (C=O) groups excluding carboxylic acids is 3. The molecule has 0 aliphatic carbocycles. The van der Waals surface area contributed by atoms with Gasteiger partial charge in [-0.3, -0.25) is 14.4 Å². The number of rotatable bonds is 8. The molecule has 1 aliphatic heterocycles. The number of nitrogens with zero attached hydrogens (tertiary/aromatic N) is 2. The van der Waals surface area contributed by atoms with Crippen molar-refractivity contribution in [3.05, 3.63) is 29.8 Å². The third kappa shape index (κ3) is 6.63. The van der Waals surface area contributed by atoms with Crippen molar-refractivity contribution in [1.82, 2.24) is 9.80 Å². The van der Waals surface area contributed by atoms with Gasteiger partial charge in [-0.05, 0) is 25.0 Å². The molecule has 0 saturated carbocycles. The van der Waals surface area contributed by atoms with Crippen LogP contribution in [0.5, 0.6) is 5.75 Å². The molecular weight excluding hydrogens is 368 g/mol. The van der Waals surface area contributed by atoms with Gasteiger partial charge in [0.15, 0.2) is 5.78 Å². The Labute approximate surface area is 166 Å². The first-order chi connectivity index (χ1) is 12.4. The molecule has 150 valence electrons. The van der Waals surface area contributed by atoms with Crippen LogP contribution in [0.15, 0.2) is 24.3 Å². The van der Waals surface area contributed by atoms with Crippen LogP contribution < -0.4 is 0 Å². The number of likely N-dealkylation sites (tertiary alicyclic amines) is 1. The molecule has 1 amide bonds. The zero-order chi connectivity index (χ0) is 19.1. The lowest BCUT2D eigenvalue weighted by molar-refractivity contribution is -0.132. The number of carbonyl (C=O) groups is 3. The number of hydrogen-bond acceptors (Lipinski definition) is 5. The van der Waals surface area contributed by atoms with Crippen molar-refractivity contribution in [2.75, 3.05) is 26.7 Å². The number of halogens is 1. The van der Waals surface area contributed by atoms with Crippen LogP contribution in [-0.2, 0) is 9.59 Å². The molecule has 27 heavy (non-hydrogen) atoms. The summed E-state index contributed by atoms with van der Waals surface area (Å²) >= 11 is 0.